The molecule has 1 fully saturated rings. The van der Waals surface area contributed by atoms with Crippen LogP contribution in [0, 0.1) is 27.7 Å². The molecule has 0 bridgehead atoms. The van der Waals surface area contributed by atoms with E-state index in [0.29, 0.717) is 34.4 Å². The van der Waals surface area contributed by atoms with Crippen LogP contribution in [0.3, 0.4) is 0 Å². The van der Waals surface area contributed by atoms with E-state index in [2.05, 4.69) is 19.8 Å². The van der Waals surface area contributed by atoms with Crippen LogP contribution < -0.4 is 4.72 Å². The Labute approximate surface area is 158 Å². The van der Waals surface area contributed by atoms with Crippen LogP contribution in [0.25, 0.3) is 11.5 Å². The first kappa shape index (κ1) is 17.8. The molecule has 4 rings (SSSR count). The lowest BCUT2D eigenvalue weighted by molar-refractivity contribution is 0.421. The molecule has 3 aromatic rings. The van der Waals surface area contributed by atoms with Gasteiger partial charge in [-0.25, -0.2) is 8.42 Å². The smallest absolute Gasteiger partial charge is 0.264 e. The third-order valence-electron chi connectivity index (χ3n) is 4.81. The van der Waals surface area contributed by atoms with Gasteiger partial charge in [-0.3, -0.25) is 4.72 Å². The highest BCUT2D eigenvalue weighted by atomic mass is 32.2. The number of nitrogens with one attached hydrogen (secondary N) is 2. The number of anilines is 1. The van der Waals surface area contributed by atoms with Crippen LogP contribution in [0.4, 0.5) is 5.69 Å². The highest BCUT2D eigenvalue weighted by Gasteiger charge is 2.33. The van der Waals surface area contributed by atoms with E-state index in [9.17, 15) is 8.42 Å². The van der Waals surface area contributed by atoms with Crippen molar-refractivity contribution < 1.29 is 12.9 Å². The first-order chi connectivity index (χ1) is 12.8. The van der Waals surface area contributed by atoms with Gasteiger partial charge >= 0.3 is 0 Å². The van der Waals surface area contributed by atoms with Crippen LogP contribution in [0.15, 0.2) is 27.6 Å². The number of nitrogens with zero attached hydrogens (tertiary/aromatic N) is 2. The van der Waals surface area contributed by atoms with E-state index in [4.69, 9.17) is 4.52 Å². The number of sulfonamides is 1. The summed E-state index contributed by atoms with van der Waals surface area (Å²) in [6.45, 7) is 7.38. The molecular weight excluding hydrogens is 364 g/mol. The van der Waals surface area contributed by atoms with Gasteiger partial charge in [0.1, 0.15) is 4.90 Å². The summed E-state index contributed by atoms with van der Waals surface area (Å²) in [5.74, 6) is 1.21. The zero-order valence-corrected chi connectivity index (χ0v) is 16.6. The first-order valence-corrected chi connectivity index (χ1v) is 10.4. The molecule has 2 N–H and O–H groups in total. The molecule has 0 spiro atoms. The van der Waals surface area contributed by atoms with Gasteiger partial charge in [-0.05, 0) is 52.2 Å². The first-order valence-electron chi connectivity index (χ1n) is 8.89. The Morgan fingerprint density at radius 3 is 2.56 bits per heavy atom. The molecule has 0 atom stereocenters. The molecule has 0 radical (unpaired) electrons. The normalized spacial score (nSPS) is 14.5. The van der Waals surface area contributed by atoms with Gasteiger partial charge in [-0.2, -0.15) is 4.98 Å². The Kier molecular flexibility index (Phi) is 4.10. The van der Waals surface area contributed by atoms with E-state index in [0.717, 1.165) is 24.0 Å². The Balaban J connectivity index is 1.78. The highest BCUT2D eigenvalue weighted by Crippen LogP contribution is 2.40. The minimum Gasteiger partial charge on any atom is -0.361 e. The fraction of sp³-hybridized carbons (Fsp3) is 0.368. The number of aryl methyl sites for hydroxylation is 4. The molecule has 1 aliphatic carbocycles. The van der Waals surface area contributed by atoms with Crippen LogP contribution in [0.1, 0.15) is 47.1 Å². The molecule has 1 aromatic carbocycles. The average molecular weight is 386 g/mol. The van der Waals surface area contributed by atoms with Crippen molar-refractivity contribution >= 4 is 15.7 Å². The van der Waals surface area contributed by atoms with Crippen LogP contribution >= 0.6 is 0 Å². The molecule has 0 saturated heterocycles. The van der Waals surface area contributed by atoms with Crippen molar-refractivity contribution in [2.45, 2.75) is 51.3 Å². The molecule has 8 heteroatoms. The van der Waals surface area contributed by atoms with Crippen LogP contribution in [-0.2, 0) is 10.0 Å². The maximum Gasteiger partial charge on any atom is 0.264 e. The van der Waals surface area contributed by atoms with Gasteiger partial charge in [0.25, 0.3) is 15.9 Å². The predicted molar refractivity (Wildman–Crippen MR) is 102 cm³/mol. The van der Waals surface area contributed by atoms with Crippen LogP contribution in [-0.4, -0.2) is 23.5 Å². The van der Waals surface area contributed by atoms with Gasteiger partial charge < -0.3 is 9.51 Å². The summed E-state index contributed by atoms with van der Waals surface area (Å²) >= 11 is 0. The standard InChI is InChI=1S/C19H22N4O3S/c1-10-5-8-15(11(2)9-10)23-27(24,25)17-13(4)20-12(3)16(17)19-21-18(22-26-19)14-6-7-14/h5,8-9,14,20,23H,6-7H2,1-4H3. The number of benzene rings is 1. The molecule has 27 heavy (non-hydrogen) atoms. The van der Waals surface area contributed by atoms with Gasteiger partial charge in [-0.15, -0.1) is 0 Å². The van der Waals surface area contributed by atoms with Gasteiger partial charge in [0.2, 0.25) is 0 Å². The van der Waals surface area contributed by atoms with E-state index in [1.54, 1.807) is 19.9 Å². The minimum atomic E-state index is -3.84. The lowest BCUT2D eigenvalue weighted by Gasteiger charge is -2.12. The molecule has 2 heterocycles. The second kappa shape index (κ2) is 6.23. The predicted octanol–water partition coefficient (Wildman–Crippen LogP) is 3.98. The zero-order valence-electron chi connectivity index (χ0n) is 15.8. The largest absolute Gasteiger partial charge is 0.361 e. The lowest BCUT2D eigenvalue weighted by Crippen LogP contribution is -2.15. The fourth-order valence-electron chi connectivity index (χ4n) is 3.32. The molecule has 142 valence electrons. The summed E-state index contributed by atoms with van der Waals surface area (Å²) in [5, 5.41) is 4.02. The second-order valence-electron chi connectivity index (χ2n) is 7.24. The zero-order chi connectivity index (χ0) is 19.3. The van der Waals surface area contributed by atoms with E-state index in [1.165, 1.54) is 0 Å². The molecule has 7 nitrogen and oxygen atoms in total. The maximum atomic E-state index is 13.2. The van der Waals surface area contributed by atoms with Gasteiger partial charge in [0.15, 0.2) is 5.82 Å². The van der Waals surface area contributed by atoms with Crippen molar-refractivity contribution in [3.8, 4) is 11.5 Å². The Bertz CT molecular complexity index is 1120. The number of rotatable bonds is 5. The van der Waals surface area contributed by atoms with Crippen molar-refractivity contribution in [1.82, 2.24) is 15.1 Å². The fourth-order valence-corrected chi connectivity index (χ4v) is 4.90. The van der Waals surface area contributed by atoms with Gasteiger partial charge in [-0.1, -0.05) is 22.9 Å². The van der Waals surface area contributed by atoms with Crippen molar-refractivity contribution in [3.63, 3.8) is 0 Å². The third-order valence-corrected chi connectivity index (χ3v) is 6.35. The molecule has 0 amide bonds. The molecule has 1 aliphatic rings. The van der Waals surface area contributed by atoms with Gasteiger partial charge in [0, 0.05) is 17.3 Å². The summed E-state index contributed by atoms with van der Waals surface area (Å²) in [5.41, 5.74) is 4.13. The van der Waals surface area contributed by atoms with E-state index < -0.39 is 10.0 Å². The number of hydrogen-bond donors (Lipinski definition) is 2. The van der Waals surface area contributed by atoms with Crippen molar-refractivity contribution in [1.29, 1.82) is 0 Å². The van der Waals surface area contributed by atoms with Crippen LogP contribution in [0.5, 0.6) is 0 Å². The number of H-pyrrole nitrogens is 1. The lowest BCUT2D eigenvalue weighted by atomic mass is 10.1. The summed E-state index contributed by atoms with van der Waals surface area (Å²) in [6, 6.07) is 5.59. The second-order valence-corrected chi connectivity index (χ2v) is 8.85. The summed E-state index contributed by atoms with van der Waals surface area (Å²) in [6.07, 6.45) is 2.09. The number of hydrogen-bond acceptors (Lipinski definition) is 5. The quantitative estimate of drug-likeness (QED) is 0.691. The van der Waals surface area contributed by atoms with E-state index in [-0.39, 0.29) is 10.8 Å². The molecular formula is C19H22N4O3S. The van der Waals surface area contributed by atoms with E-state index in [1.807, 2.05) is 26.0 Å². The van der Waals surface area contributed by atoms with E-state index >= 15 is 0 Å². The molecule has 2 aromatic heterocycles. The number of aromatic amines is 1. The Morgan fingerprint density at radius 2 is 1.89 bits per heavy atom. The monoisotopic (exact) mass is 386 g/mol. The molecule has 0 unspecified atom stereocenters. The van der Waals surface area contributed by atoms with Crippen molar-refractivity contribution in [3.05, 3.63) is 46.5 Å². The van der Waals surface area contributed by atoms with Crippen LogP contribution in [0.2, 0.25) is 0 Å². The summed E-state index contributed by atoms with van der Waals surface area (Å²) in [4.78, 5) is 7.68. The Morgan fingerprint density at radius 1 is 1.15 bits per heavy atom. The van der Waals surface area contributed by atoms with Gasteiger partial charge in [0.05, 0.1) is 11.3 Å². The topological polar surface area (TPSA) is 101 Å². The average Bonchev–Trinajstić information content (AvgIpc) is 3.23. The minimum absolute atomic E-state index is 0.144. The summed E-state index contributed by atoms with van der Waals surface area (Å²) in [7, 11) is -3.84. The number of aromatic nitrogens is 3. The third kappa shape index (κ3) is 3.25. The van der Waals surface area contributed by atoms with Crippen molar-refractivity contribution in [2.24, 2.45) is 0 Å². The maximum absolute atomic E-state index is 13.2. The van der Waals surface area contributed by atoms with Crippen molar-refractivity contribution in [2.75, 3.05) is 4.72 Å². The highest BCUT2D eigenvalue weighted by molar-refractivity contribution is 7.93. The summed E-state index contributed by atoms with van der Waals surface area (Å²) < 4.78 is 34.5. The molecule has 1 saturated carbocycles. The molecule has 0 aliphatic heterocycles. The SMILES string of the molecule is Cc1ccc(NS(=O)(=O)c2c(C)[nH]c(C)c2-c2nc(C3CC3)no2)c(C)c1. The Hall–Kier alpha value is -2.61.